The van der Waals surface area contributed by atoms with E-state index < -0.39 is 0 Å². The molecule has 20 heavy (non-hydrogen) atoms. The number of nitrogens with one attached hydrogen (secondary N) is 1. The molecule has 1 unspecified atom stereocenters. The Hall–Kier alpha value is -1.26. The highest BCUT2D eigenvalue weighted by Gasteiger charge is 2.10. The van der Waals surface area contributed by atoms with Gasteiger partial charge in [0.2, 0.25) is 0 Å². The SMILES string of the molecule is CCNC(CSc1ccc(C)cc1)Cc1ccn(C)n1. The summed E-state index contributed by atoms with van der Waals surface area (Å²) in [6, 6.07) is 11.3. The van der Waals surface area contributed by atoms with Crippen LogP contribution in [0.15, 0.2) is 41.4 Å². The van der Waals surface area contributed by atoms with Gasteiger partial charge in [0, 0.05) is 36.4 Å². The van der Waals surface area contributed by atoms with Crippen molar-refractivity contribution in [2.24, 2.45) is 7.05 Å². The third kappa shape index (κ3) is 4.69. The Morgan fingerprint density at radius 2 is 2.00 bits per heavy atom. The van der Waals surface area contributed by atoms with Crippen LogP contribution in [0.5, 0.6) is 0 Å². The Morgan fingerprint density at radius 1 is 1.25 bits per heavy atom. The van der Waals surface area contributed by atoms with Crippen LogP contribution in [0.2, 0.25) is 0 Å². The first-order valence-corrected chi connectivity index (χ1v) is 8.07. The summed E-state index contributed by atoms with van der Waals surface area (Å²) in [5.74, 6) is 1.06. The molecule has 1 aromatic carbocycles. The van der Waals surface area contributed by atoms with Gasteiger partial charge in [0.1, 0.15) is 0 Å². The van der Waals surface area contributed by atoms with Gasteiger partial charge in [0.15, 0.2) is 0 Å². The fourth-order valence-corrected chi connectivity index (χ4v) is 3.09. The van der Waals surface area contributed by atoms with Crippen molar-refractivity contribution in [3.8, 4) is 0 Å². The topological polar surface area (TPSA) is 29.9 Å². The quantitative estimate of drug-likeness (QED) is 0.795. The Bertz CT molecular complexity index is 519. The van der Waals surface area contributed by atoms with Gasteiger partial charge in [-0.25, -0.2) is 0 Å². The van der Waals surface area contributed by atoms with Crippen LogP contribution in [0.3, 0.4) is 0 Å². The van der Waals surface area contributed by atoms with Crippen molar-refractivity contribution in [1.29, 1.82) is 0 Å². The lowest BCUT2D eigenvalue weighted by atomic mass is 10.2. The first-order chi connectivity index (χ1) is 9.67. The van der Waals surface area contributed by atoms with Gasteiger partial charge in [-0.3, -0.25) is 4.68 Å². The molecule has 1 aromatic heterocycles. The molecular weight excluding hydrogens is 266 g/mol. The molecule has 1 heterocycles. The van der Waals surface area contributed by atoms with Gasteiger partial charge < -0.3 is 5.32 Å². The van der Waals surface area contributed by atoms with E-state index in [1.165, 1.54) is 10.5 Å². The molecule has 0 aliphatic rings. The van der Waals surface area contributed by atoms with Crippen LogP contribution in [-0.2, 0) is 13.5 Å². The van der Waals surface area contributed by atoms with Gasteiger partial charge in [-0.05, 0) is 31.7 Å². The molecular formula is C16H23N3S. The smallest absolute Gasteiger partial charge is 0.0640 e. The Kier molecular flexibility index (Phi) is 5.68. The number of likely N-dealkylation sites (N-methyl/N-ethyl adjacent to an activating group) is 1. The first kappa shape index (κ1) is 15.1. The third-order valence-electron chi connectivity index (χ3n) is 3.19. The molecule has 0 radical (unpaired) electrons. The lowest BCUT2D eigenvalue weighted by Crippen LogP contribution is -2.33. The second-order valence-electron chi connectivity index (χ2n) is 5.06. The molecule has 4 heteroatoms. The molecule has 1 atom stereocenters. The van der Waals surface area contributed by atoms with Crippen molar-refractivity contribution in [2.45, 2.75) is 31.2 Å². The largest absolute Gasteiger partial charge is 0.313 e. The molecule has 3 nitrogen and oxygen atoms in total. The molecule has 0 aliphatic carbocycles. The zero-order valence-corrected chi connectivity index (χ0v) is 13.3. The molecule has 0 saturated carbocycles. The summed E-state index contributed by atoms with van der Waals surface area (Å²) in [5, 5.41) is 8.02. The van der Waals surface area contributed by atoms with Crippen LogP contribution >= 0.6 is 11.8 Å². The highest BCUT2D eigenvalue weighted by atomic mass is 32.2. The number of thioether (sulfide) groups is 1. The van der Waals surface area contributed by atoms with E-state index in [4.69, 9.17) is 0 Å². The number of hydrogen-bond donors (Lipinski definition) is 1. The lowest BCUT2D eigenvalue weighted by Gasteiger charge is -2.16. The standard InChI is InChI=1S/C16H23N3S/c1-4-17-15(11-14-9-10-19(3)18-14)12-20-16-7-5-13(2)6-8-16/h5-10,15,17H,4,11-12H2,1-3H3. The van der Waals surface area contributed by atoms with Crippen LogP contribution in [0, 0.1) is 6.92 Å². The van der Waals surface area contributed by atoms with Crippen LogP contribution in [0.1, 0.15) is 18.2 Å². The van der Waals surface area contributed by atoms with E-state index in [-0.39, 0.29) is 0 Å². The van der Waals surface area contributed by atoms with Crippen molar-refractivity contribution in [3.63, 3.8) is 0 Å². The average molecular weight is 289 g/mol. The monoisotopic (exact) mass is 289 g/mol. The van der Waals surface area contributed by atoms with Gasteiger partial charge in [-0.1, -0.05) is 24.6 Å². The maximum absolute atomic E-state index is 4.47. The second-order valence-corrected chi connectivity index (χ2v) is 6.16. The number of rotatable bonds is 7. The summed E-state index contributed by atoms with van der Waals surface area (Å²) in [6.07, 6.45) is 2.99. The van der Waals surface area contributed by atoms with Crippen LogP contribution in [0.4, 0.5) is 0 Å². The Morgan fingerprint density at radius 3 is 2.60 bits per heavy atom. The van der Waals surface area contributed by atoms with Gasteiger partial charge >= 0.3 is 0 Å². The number of aromatic nitrogens is 2. The molecule has 0 bridgehead atoms. The Labute approximate surface area is 125 Å². The third-order valence-corrected chi connectivity index (χ3v) is 4.36. The molecule has 2 aromatic rings. The van der Waals surface area contributed by atoms with Gasteiger partial charge in [0.25, 0.3) is 0 Å². The molecule has 108 valence electrons. The predicted molar refractivity (Wildman–Crippen MR) is 86.3 cm³/mol. The average Bonchev–Trinajstić information content (AvgIpc) is 2.83. The minimum absolute atomic E-state index is 0.459. The number of nitrogens with zero attached hydrogens (tertiary/aromatic N) is 2. The summed E-state index contributed by atoms with van der Waals surface area (Å²) >= 11 is 1.91. The zero-order valence-electron chi connectivity index (χ0n) is 12.5. The van der Waals surface area contributed by atoms with E-state index >= 15 is 0 Å². The normalized spacial score (nSPS) is 12.6. The predicted octanol–water partition coefficient (Wildman–Crippen LogP) is 3.04. The second kappa shape index (κ2) is 7.50. The van der Waals surface area contributed by atoms with E-state index in [1.54, 1.807) is 0 Å². The van der Waals surface area contributed by atoms with Crippen molar-refractivity contribution < 1.29 is 0 Å². The molecule has 1 N–H and O–H groups in total. The summed E-state index contributed by atoms with van der Waals surface area (Å²) in [4.78, 5) is 1.33. The lowest BCUT2D eigenvalue weighted by molar-refractivity contribution is 0.561. The first-order valence-electron chi connectivity index (χ1n) is 7.08. The minimum Gasteiger partial charge on any atom is -0.313 e. The summed E-state index contributed by atoms with van der Waals surface area (Å²) < 4.78 is 1.87. The van der Waals surface area contributed by atoms with Crippen LogP contribution in [-0.4, -0.2) is 28.1 Å². The van der Waals surface area contributed by atoms with Gasteiger partial charge in [0.05, 0.1) is 5.69 Å². The number of aryl methyl sites for hydroxylation is 2. The summed E-state index contributed by atoms with van der Waals surface area (Å²) in [7, 11) is 1.97. The molecule has 0 saturated heterocycles. The summed E-state index contributed by atoms with van der Waals surface area (Å²) in [6.45, 7) is 5.27. The summed E-state index contributed by atoms with van der Waals surface area (Å²) in [5.41, 5.74) is 2.47. The fourth-order valence-electron chi connectivity index (χ4n) is 2.13. The van der Waals surface area contributed by atoms with Crippen molar-refractivity contribution in [1.82, 2.24) is 15.1 Å². The molecule has 0 amide bonds. The molecule has 0 spiro atoms. The highest BCUT2D eigenvalue weighted by molar-refractivity contribution is 7.99. The molecule has 2 rings (SSSR count). The maximum Gasteiger partial charge on any atom is 0.0640 e. The van der Waals surface area contributed by atoms with E-state index in [0.29, 0.717) is 6.04 Å². The van der Waals surface area contributed by atoms with E-state index in [2.05, 4.69) is 54.6 Å². The van der Waals surface area contributed by atoms with Crippen LogP contribution in [0.25, 0.3) is 0 Å². The van der Waals surface area contributed by atoms with Crippen LogP contribution < -0.4 is 5.32 Å². The molecule has 0 fully saturated rings. The maximum atomic E-state index is 4.47. The molecule has 0 aliphatic heterocycles. The minimum atomic E-state index is 0.459. The number of benzene rings is 1. The zero-order chi connectivity index (χ0) is 14.4. The van der Waals surface area contributed by atoms with E-state index in [1.807, 2.05) is 29.7 Å². The van der Waals surface area contributed by atoms with Gasteiger partial charge in [-0.15, -0.1) is 11.8 Å². The van der Waals surface area contributed by atoms with E-state index in [9.17, 15) is 0 Å². The van der Waals surface area contributed by atoms with Crippen molar-refractivity contribution in [2.75, 3.05) is 12.3 Å². The van der Waals surface area contributed by atoms with Gasteiger partial charge in [-0.2, -0.15) is 5.10 Å². The van der Waals surface area contributed by atoms with Crippen molar-refractivity contribution >= 4 is 11.8 Å². The number of hydrogen-bond acceptors (Lipinski definition) is 3. The highest BCUT2D eigenvalue weighted by Crippen LogP contribution is 2.20. The van der Waals surface area contributed by atoms with E-state index in [0.717, 1.165) is 24.4 Å². The Balaban J connectivity index is 1.90. The fraction of sp³-hybridized carbons (Fsp3) is 0.438. The van der Waals surface area contributed by atoms with Crippen molar-refractivity contribution in [3.05, 3.63) is 47.8 Å².